The molecule has 33 heavy (non-hydrogen) atoms. The molecule has 3 heterocycles. The van der Waals surface area contributed by atoms with Crippen LogP contribution in [0.5, 0.6) is 5.75 Å². The molecule has 1 aromatic heterocycles. The second kappa shape index (κ2) is 8.48. The Balaban J connectivity index is 1.62. The van der Waals surface area contributed by atoms with Gasteiger partial charge in [0, 0.05) is 26.2 Å². The molecule has 2 aliphatic heterocycles. The molecule has 4 amide bonds. The van der Waals surface area contributed by atoms with Crippen LogP contribution in [-0.4, -0.2) is 72.0 Å². The van der Waals surface area contributed by atoms with E-state index in [2.05, 4.69) is 27.6 Å². The number of oxime groups is 1. The van der Waals surface area contributed by atoms with Crippen LogP contribution >= 0.6 is 11.3 Å². The van der Waals surface area contributed by atoms with Crippen LogP contribution in [0, 0.1) is 11.8 Å². The topological polar surface area (TPSA) is 124 Å². The third-order valence-corrected chi connectivity index (χ3v) is 6.31. The molecule has 0 saturated carbocycles. The van der Waals surface area contributed by atoms with Crippen LogP contribution in [0.1, 0.15) is 25.7 Å². The summed E-state index contributed by atoms with van der Waals surface area (Å²) in [6.45, 7) is 0.166. The first-order valence-electron chi connectivity index (χ1n) is 9.89. The summed E-state index contributed by atoms with van der Waals surface area (Å²) in [5.41, 5.74) is -0.306. The predicted octanol–water partition coefficient (Wildman–Crippen LogP) is 1.04. The van der Waals surface area contributed by atoms with E-state index in [9.17, 15) is 19.6 Å². The summed E-state index contributed by atoms with van der Waals surface area (Å²) in [6, 6.07) is 8.03. The SMILES string of the molecule is COc1ccc2c(c1)C(=O)N(C[C@@]1(C#Cc3ccc(/C(=N/O)N(C)C)s3)NC(=O)NC1=O)C2. The maximum atomic E-state index is 13.0. The van der Waals surface area contributed by atoms with Gasteiger partial charge in [-0.15, -0.1) is 11.3 Å². The zero-order valence-electron chi connectivity index (χ0n) is 18.1. The maximum Gasteiger partial charge on any atom is 0.323 e. The van der Waals surface area contributed by atoms with Gasteiger partial charge in [-0.2, -0.15) is 0 Å². The molecule has 0 bridgehead atoms. The molecule has 1 saturated heterocycles. The number of nitrogens with zero attached hydrogens (tertiary/aromatic N) is 3. The number of thiophene rings is 1. The van der Waals surface area contributed by atoms with Gasteiger partial charge in [0.1, 0.15) is 5.75 Å². The van der Waals surface area contributed by atoms with Crippen molar-refractivity contribution in [3.8, 4) is 17.6 Å². The molecule has 2 aliphatic rings. The summed E-state index contributed by atoms with van der Waals surface area (Å²) in [5, 5.41) is 17.3. The molecule has 10 nitrogen and oxygen atoms in total. The highest BCUT2D eigenvalue weighted by Crippen LogP contribution is 2.28. The highest BCUT2D eigenvalue weighted by molar-refractivity contribution is 7.14. The fourth-order valence-electron chi connectivity index (χ4n) is 3.66. The van der Waals surface area contributed by atoms with Crippen molar-refractivity contribution < 1.29 is 24.3 Å². The van der Waals surface area contributed by atoms with E-state index in [4.69, 9.17) is 4.74 Å². The highest BCUT2D eigenvalue weighted by atomic mass is 32.1. The number of urea groups is 1. The molecule has 3 N–H and O–H groups in total. The summed E-state index contributed by atoms with van der Waals surface area (Å²) in [7, 11) is 5.01. The van der Waals surface area contributed by atoms with Crippen molar-refractivity contribution in [2.24, 2.45) is 5.16 Å². The van der Waals surface area contributed by atoms with Crippen molar-refractivity contribution in [2.75, 3.05) is 27.7 Å². The van der Waals surface area contributed by atoms with Crippen molar-refractivity contribution in [1.82, 2.24) is 20.4 Å². The number of hydrogen-bond acceptors (Lipinski definition) is 7. The summed E-state index contributed by atoms with van der Waals surface area (Å²) in [4.78, 5) is 42.1. The lowest BCUT2D eigenvalue weighted by Crippen LogP contribution is -2.54. The summed E-state index contributed by atoms with van der Waals surface area (Å²) in [5.74, 6) is 5.83. The smallest absolute Gasteiger partial charge is 0.323 e. The van der Waals surface area contributed by atoms with Crippen molar-refractivity contribution >= 4 is 35.0 Å². The second-order valence-corrected chi connectivity index (χ2v) is 8.81. The summed E-state index contributed by atoms with van der Waals surface area (Å²) >= 11 is 1.27. The minimum atomic E-state index is -1.60. The van der Waals surface area contributed by atoms with Gasteiger partial charge in [0.2, 0.25) is 5.54 Å². The number of hydrogen-bond donors (Lipinski definition) is 3. The third kappa shape index (κ3) is 4.08. The number of imide groups is 1. The average molecular weight is 468 g/mol. The van der Waals surface area contributed by atoms with Gasteiger partial charge < -0.3 is 25.1 Å². The molecule has 0 spiro atoms. The number of rotatable bonds is 4. The molecular formula is C22H21N5O5S. The van der Waals surface area contributed by atoms with Gasteiger partial charge in [-0.25, -0.2) is 4.79 Å². The Morgan fingerprint density at radius 1 is 1.30 bits per heavy atom. The highest BCUT2D eigenvalue weighted by Gasteiger charge is 2.48. The Labute approximate surface area is 193 Å². The minimum Gasteiger partial charge on any atom is -0.497 e. The molecule has 0 unspecified atom stereocenters. The molecule has 1 atom stereocenters. The molecule has 1 fully saturated rings. The quantitative estimate of drug-likeness (QED) is 0.154. The Morgan fingerprint density at radius 2 is 2.09 bits per heavy atom. The number of methoxy groups -OCH3 is 1. The number of benzene rings is 1. The van der Waals surface area contributed by atoms with E-state index in [1.165, 1.54) is 23.3 Å². The summed E-state index contributed by atoms with van der Waals surface area (Å²) in [6.07, 6.45) is 0. The van der Waals surface area contributed by atoms with Crippen molar-refractivity contribution in [2.45, 2.75) is 12.1 Å². The van der Waals surface area contributed by atoms with Gasteiger partial charge in [-0.1, -0.05) is 23.1 Å². The number of nitrogens with one attached hydrogen (secondary N) is 2. The molecule has 0 radical (unpaired) electrons. The number of carbonyl (C=O) groups is 3. The number of ether oxygens (including phenoxy) is 1. The lowest BCUT2D eigenvalue weighted by Gasteiger charge is -2.26. The first-order valence-corrected chi connectivity index (χ1v) is 10.7. The van der Waals surface area contributed by atoms with E-state index in [-0.39, 0.29) is 19.0 Å². The lowest BCUT2D eigenvalue weighted by atomic mass is 9.99. The molecule has 0 aliphatic carbocycles. The van der Waals surface area contributed by atoms with Gasteiger partial charge in [-0.3, -0.25) is 14.9 Å². The van der Waals surface area contributed by atoms with Crippen molar-refractivity contribution in [3.05, 3.63) is 51.2 Å². The van der Waals surface area contributed by atoms with Gasteiger partial charge in [0.15, 0.2) is 5.84 Å². The fraction of sp³-hybridized carbons (Fsp3) is 0.273. The van der Waals surface area contributed by atoms with E-state index >= 15 is 0 Å². The van der Waals surface area contributed by atoms with E-state index in [0.717, 1.165) is 5.56 Å². The average Bonchev–Trinajstić information content (AvgIpc) is 3.44. The van der Waals surface area contributed by atoms with E-state index < -0.39 is 17.5 Å². The predicted molar refractivity (Wildman–Crippen MR) is 120 cm³/mol. The monoisotopic (exact) mass is 467 g/mol. The normalized spacial score (nSPS) is 19.5. The van der Waals surface area contributed by atoms with Crippen LogP contribution in [0.15, 0.2) is 35.5 Å². The lowest BCUT2D eigenvalue weighted by molar-refractivity contribution is -0.122. The number of amides is 4. The molecule has 170 valence electrons. The van der Waals surface area contributed by atoms with Gasteiger partial charge in [-0.05, 0) is 29.8 Å². The number of amidine groups is 1. The van der Waals surface area contributed by atoms with Crippen LogP contribution in [0.4, 0.5) is 4.79 Å². The largest absolute Gasteiger partial charge is 0.497 e. The molecule has 11 heteroatoms. The summed E-state index contributed by atoms with van der Waals surface area (Å²) < 4.78 is 5.20. The fourth-order valence-corrected chi connectivity index (χ4v) is 4.59. The Bertz CT molecular complexity index is 1240. The Hall–Kier alpha value is -4.04. The maximum absolute atomic E-state index is 13.0. The van der Waals surface area contributed by atoms with Crippen LogP contribution in [0.25, 0.3) is 0 Å². The Kier molecular flexibility index (Phi) is 5.69. The first-order chi connectivity index (χ1) is 15.8. The van der Waals surface area contributed by atoms with Crippen LogP contribution in [0.2, 0.25) is 0 Å². The molecule has 2 aromatic rings. The van der Waals surface area contributed by atoms with Crippen LogP contribution in [-0.2, 0) is 11.3 Å². The van der Waals surface area contributed by atoms with E-state index in [1.54, 1.807) is 49.3 Å². The zero-order chi connectivity index (χ0) is 23.8. The zero-order valence-corrected chi connectivity index (χ0v) is 18.9. The standard InChI is InChI=1S/C22H21N5O5S/c1-26(2)18(25-31)17-7-6-15(33-17)8-9-22(20(29)23-21(30)24-22)12-27-11-13-4-5-14(32-3)10-16(13)19(27)28/h4-7,10,31H,11-12H2,1-3H3,(H2,23,24,29,30)/b25-18-/t22-/m1/s1. The molecular weight excluding hydrogens is 446 g/mol. The Morgan fingerprint density at radius 3 is 2.73 bits per heavy atom. The van der Waals surface area contributed by atoms with Crippen LogP contribution < -0.4 is 15.4 Å². The minimum absolute atomic E-state index is 0.118. The van der Waals surface area contributed by atoms with Crippen LogP contribution in [0.3, 0.4) is 0 Å². The first kappa shape index (κ1) is 22.2. The van der Waals surface area contributed by atoms with Gasteiger partial charge in [0.25, 0.3) is 11.8 Å². The van der Waals surface area contributed by atoms with Crippen molar-refractivity contribution in [3.63, 3.8) is 0 Å². The third-order valence-electron chi connectivity index (χ3n) is 5.31. The van der Waals surface area contributed by atoms with E-state index in [0.29, 0.717) is 26.9 Å². The van der Waals surface area contributed by atoms with E-state index in [1.807, 2.05) is 0 Å². The molecule has 1 aromatic carbocycles. The van der Waals surface area contributed by atoms with Gasteiger partial charge >= 0.3 is 6.03 Å². The number of carbonyl (C=O) groups excluding carboxylic acids is 3. The second-order valence-electron chi connectivity index (χ2n) is 7.73. The molecule has 4 rings (SSSR count). The van der Waals surface area contributed by atoms with Crippen molar-refractivity contribution in [1.29, 1.82) is 0 Å². The number of fused-ring (bicyclic) bond motifs is 1. The van der Waals surface area contributed by atoms with Gasteiger partial charge in [0.05, 0.1) is 23.4 Å².